The van der Waals surface area contributed by atoms with Gasteiger partial charge in [-0.2, -0.15) is 0 Å². The molecule has 0 unspecified atom stereocenters. The van der Waals surface area contributed by atoms with E-state index in [-0.39, 0.29) is 19.4 Å². The summed E-state index contributed by atoms with van der Waals surface area (Å²) in [4.78, 5) is 37.1. The molecule has 1 amide bonds. The van der Waals surface area contributed by atoms with Crippen molar-refractivity contribution in [3.8, 4) is 0 Å². The Morgan fingerprint density at radius 1 is 0.906 bits per heavy atom. The molecule has 0 saturated carbocycles. The summed E-state index contributed by atoms with van der Waals surface area (Å²) in [6.45, 7) is 6.96. The Kier molecular flexibility index (Phi) is 9.25. The normalized spacial score (nSPS) is 12.9. The number of carbonyl (C=O) groups is 3. The minimum Gasteiger partial charge on any atom is -0.461 e. The molecular formula is C25H31NO6. The van der Waals surface area contributed by atoms with Crippen LogP contribution in [-0.4, -0.2) is 35.8 Å². The molecular weight excluding hydrogens is 410 g/mol. The Morgan fingerprint density at radius 3 is 2.03 bits per heavy atom. The minimum absolute atomic E-state index is 0.0942. The fourth-order valence-electron chi connectivity index (χ4n) is 2.85. The van der Waals surface area contributed by atoms with Gasteiger partial charge < -0.3 is 19.5 Å². The van der Waals surface area contributed by atoms with Crippen LogP contribution in [0.5, 0.6) is 0 Å². The summed E-state index contributed by atoms with van der Waals surface area (Å²) in [6.07, 6.45) is -1.30. The van der Waals surface area contributed by atoms with Crippen LogP contribution in [0.1, 0.15) is 45.2 Å². The number of alkyl carbamates (subject to hydrolysis) is 1. The molecule has 7 nitrogen and oxygen atoms in total. The molecule has 0 saturated heterocycles. The van der Waals surface area contributed by atoms with Gasteiger partial charge >= 0.3 is 18.0 Å². The monoisotopic (exact) mass is 441 g/mol. The molecule has 0 radical (unpaired) electrons. The van der Waals surface area contributed by atoms with E-state index in [0.717, 1.165) is 11.1 Å². The van der Waals surface area contributed by atoms with Crippen molar-refractivity contribution in [1.82, 2.24) is 5.32 Å². The van der Waals surface area contributed by atoms with E-state index in [2.05, 4.69) is 5.32 Å². The van der Waals surface area contributed by atoms with E-state index in [9.17, 15) is 14.4 Å². The van der Waals surface area contributed by atoms with Crippen molar-refractivity contribution in [3.05, 3.63) is 71.8 Å². The molecule has 2 aromatic carbocycles. The average molecular weight is 442 g/mol. The van der Waals surface area contributed by atoms with Crippen LogP contribution in [0.15, 0.2) is 60.7 Å². The Morgan fingerprint density at radius 2 is 1.47 bits per heavy atom. The van der Waals surface area contributed by atoms with Gasteiger partial charge in [-0.25, -0.2) is 9.59 Å². The third kappa shape index (κ3) is 9.64. The number of amides is 1. The number of ether oxygens (including phenoxy) is 3. The zero-order chi connectivity index (χ0) is 23.6. The molecule has 0 spiro atoms. The number of esters is 2. The Labute approximate surface area is 189 Å². The van der Waals surface area contributed by atoms with Crippen LogP contribution in [0, 0.1) is 0 Å². The van der Waals surface area contributed by atoms with Crippen molar-refractivity contribution in [1.29, 1.82) is 0 Å². The quantitative estimate of drug-likeness (QED) is 0.464. The maximum Gasteiger partial charge on any atom is 0.408 e. The van der Waals surface area contributed by atoms with Gasteiger partial charge in [0.2, 0.25) is 0 Å². The van der Waals surface area contributed by atoms with Gasteiger partial charge in [-0.3, -0.25) is 4.79 Å². The first-order valence-corrected chi connectivity index (χ1v) is 10.6. The van der Waals surface area contributed by atoms with E-state index < -0.39 is 35.8 Å². The second kappa shape index (κ2) is 11.9. The van der Waals surface area contributed by atoms with E-state index >= 15 is 0 Å². The Hall–Kier alpha value is -3.35. The van der Waals surface area contributed by atoms with Crippen LogP contribution in [0.2, 0.25) is 0 Å². The van der Waals surface area contributed by atoms with E-state index in [0.29, 0.717) is 0 Å². The molecule has 0 aliphatic carbocycles. The SMILES string of the molecule is C[C@H](CC(=O)OCc1ccccc1)OC(=O)[C@@H](Cc1ccccc1)NC(=O)OC(C)(C)C. The first-order valence-electron chi connectivity index (χ1n) is 10.6. The number of nitrogens with one attached hydrogen (secondary N) is 1. The lowest BCUT2D eigenvalue weighted by molar-refractivity contribution is -0.156. The number of benzene rings is 2. The zero-order valence-electron chi connectivity index (χ0n) is 19.0. The molecule has 2 atom stereocenters. The average Bonchev–Trinajstić information content (AvgIpc) is 2.72. The highest BCUT2D eigenvalue weighted by Gasteiger charge is 2.27. The van der Waals surface area contributed by atoms with Gasteiger partial charge in [0.1, 0.15) is 24.4 Å². The van der Waals surface area contributed by atoms with Crippen LogP contribution in [0.4, 0.5) is 4.79 Å². The van der Waals surface area contributed by atoms with Gasteiger partial charge in [-0.1, -0.05) is 60.7 Å². The molecule has 0 aliphatic rings. The van der Waals surface area contributed by atoms with Gasteiger partial charge in [0.05, 0.1) is 6.42 Å². The van der Waals surface area contributed by atoms with Gasteiger partial charge in [0, 0.05) is 6.42 Å². The summed E-state index contributed by atoms with van der Waals surface area (Å²) in [7, 11) is 0. The highest BCUT2D eigenvalue weighted by Crippen LogP contribution is 2.11. The molecule has 0 aliphatic heterocycles. The number of hydrogen-bond acceptors (Lipinski definition) is 6. The molecule has 0 bridgehead atoms. The van der Waals surface area contributed by atoms with Crippen LogP contribution in [-0.2, 0) is 36.8 Å². The number of hydrogen-bond donors (Lipinski definition) is 1. The van der Waals surface area contributed by atoms with E-state index in [1.165, 1.54) is 0 Å². The summed E-state index contributed by atoms with van der Waals surface area (Å²) in [6, 6.07) is 17.6. The summed E-state index contributed by atoms with van der Waals surface area (Å²) in [5.74, 6) is -1.13. The Balaban J connectivity index is 1.93. The van der Waals surface area contributed by atoms with Crippen molar-refractivity contribution in [2.45, 2.75) is 64.9 Å². The number of carbonyl (C=O) groups excluding carboxylic acids is 3. The highest BCUT2D eigenvalue weighted by molar-refractivity contribution is 5.82. The summed E-state index contributed by atoms with van der Waals surface area (Å²) < 4.78 is 15.9. The van der Waals surface area contributed by atoms with Crippen LogP contribution >= 0.6 is 0 Å². The lowest BCUT2D eigenvalue weighted by Gasteiger charge is -2.24. The standard InChI is InChI=1S/C25H31NO6/c1-18(15-22(27)30-17-20-13-9-6-10-14-20)31-23(28)21(16-19-11-7-5-8-12-19)26-24(29)32-25(2,3)4/h5-14,18,21H,15-17H2,1-4H3,(H,26,29)/t18-,21-/m1/s1. The molecule has 32 heavy (non-hydrogen) atoms. The van der Waals surface area contributed by atoms with Crippen LogP contribution in [0.25, 0.3) is 0 Å². The minimum atomic E-state index is -0.963. The summed E-state index contributed by atoms with van der Waals surface area (Å²) in [5.41, 5.74) is 1.01. The lowest BCUT2D eigenvalue weighted by Crippen LogP contribution is -2.46. The predicted molar refractivity (Wildman–Crippen MR) is 120 cm³/mol. The van der Waals surface area contributed by atoms with Crippen LogP contribution < -0.4 is 5.32 Å². The van der Waals surface area contributed by atoms with Crippen molar-refractivity contribution >= 4 is 18.0 Å². The first kappa shape index (κ1) is 24.9. The lowest BCUT2D eigenvalue weighted by atomic mass is 10.1. The predicted octanol–water partition coefficient (Wildman–Crippen LogP) is 4.19. The molecule has 2 aromatic rings. The van der Waals surface area contributed by atoms with E-state index in [4.69, 9.17) is 14.2 Å². The molecule has 0 aromatic heterocycles. The smallest absolute Gasteiger partial charge is 0.408 e. The largest absolute Gasteiger partial charge is 0.461 e. The second-order valence-corrected chi connectivity index (χ2v) is 8.49. The Bertz CT molecular complexity index is 876. The molecule has 2 rings (SSSR count). The molecule has 1 N–H and O–H groups in total. The third-order valence-electron chi connectivity index (χ3n) is 4.27. The maximum atomic E-state index is 12.8. The van der Waals surface area contributed by atoms with Gasteiger partial charge in [0.25, 0.3) is 0 Å². The van der Waals surface area contributed by atoms with Crippen molar-refractivity contribution in [3.63, 3.8) is 0 Å². The van der Waals surface area contributed by atoms with Crippen molar-refractivity contribution in [2.24, 2.45) is 0 Å². The fourth-order valence-corrected chi connectivity index (χ4v) is 2.85. The molecule has 0 fully saturated rings. The van der Waals surface area contributed by atoms with Gasteiger partial charge in [-0.05, 0) is 38.8 Å². The zero-order valence-corrected chi connectivity index (χ0v) is 19.0. The van der Waals surface area contributed by atoms with E-state index in [1.807, 2.05) is 60.7 Å². The van der Waals surface area contributed by atoms with Crippen molar-refractivity contribution in [2.75, 3.05) is 0 Å². The first-order chi connectivity index (χ1) is 15.1. The second-order valence-electron chi connectivity index (χ2n) is 8.49. The topological polar surface area (TPSA) is 90.9 Å². The molecule has 0 heterocycles. The summed E-state index contributed by atoms with van der Waals surface area (Å²) in [5, 5.41) is 2.58. The van der Waals surface area contributed by atoms with Crippen LogP contribution in [0.3, 0.4) is 0 Å². The highest BCUT2D eigenvalue weighted by atomic mass is 16.6. The van der Waals surface area contributed by atoms with Gasteiger partial charge in [-0.15, -0.1) is 0 Å². The molecule has 7 heteroatoms. The fraction of sp³-hybridized carbons (Fsp3) is 0.400. The third-order valence-corrected chi connectivity index (χ3v) is 4.27. The van der Waals surface area contributed by atoms with Crippen molar-refractivity contribution < 1.29 is 28.6 Å². The van der Waals surface area contributed by atoms with E-state index in [1.54, 1.807) is 27.7 Å². The maximum absolute atomic E-state index is 12.8. The number of rotatable bonds is 9. The van der Waals surface area contributed by atoms with Gasteiger partial charge in [0.15, 0.2) is 0 Å². The summed E-state index contributed by atoms with van der Waals surface area (Å²) >= 11 is 0. The molecule has 172 valence electrons.